The molecular weight excluding hydrogens is 178 g/mol. The van der Waals surface area contributed by atoms with Crippen molar-refractivity contribution in [2.24, 2.45) is 5.92 Å². The zero-order chi connectivity index (χ0) is 11.3. The molecule has 0 aromatic carbocycles. The summed E-state index contributed by atoms with van der Waals surface area (Å²) in [5.74, 6) is 0.104. The topological polar surface area (TPSA) is 38.3 Å². The van der Waals surface area contributed by atoms with Crippen LogP contribution in [-0.2, 0) is 9.53 Å². The zero-order valence-electron chi connectivity index (χ0n) is 10.1. The van der Waals surface area contributed by atoms with Gasteiger partial charge in [0.1, 0.15) is 6.04 Å². The van der Waals surface area contributed by atoms with E-state index in [1.54, 1.807) is 0 Å². The maximum atomic E-state index is 11.6. The first-order valence-electron chi connectivity index (χ1n) is 5.31. The molecule has 0 rings (SSSR count). The summed E-state index contributed by atoms with van der Waals surface area (Å²) in [7, 11) is 0. The first-order valence-corrected chi connectivity index (χ1v) is 5.31. The second kappa shape index (κ2) is 6.02. The largest absolute Gasteiger partial charge is 0.462 e. The molecule has 3 heteroatoms. The van der Waals surface area contributed by atoms with Crippen LogP contribution in [0.3, 0.4) is 0 Å². The predicted octanol–water partition coefficient (Wildman–Crippen LogP) is 1.96. The fourth-order valence-electron chi connectivity index (χ4n) is 1.20. The van der Waals surface area contributed by atoms with E-state index in [2.05, 4.69) is 5.32 Å². The molecule has 0 aliphatic rings. The molecule has 0 aromatic heterocycles. The fourth-order valence-corrected chi connectivity index (χ4v) is 1.20. The van der Waals surface area contributed by atoms with E-state index in [0.29, 0.717) is 6.04 Å². The monoisotopic (exact) mass is 201 g/mol. The van der Waals surface area contributed by atoms with Crippen molar-refractivity contribution in [1.29, 1.82) is 0 Å². The molecule has 84 valence electrons. The number of carbonyl (C=O) groups is 1. The number of hydrogen-bond acceptors (Lipinski definition) is 3. The maximum absolute atomic E-state index is 11.6. The molecule has 0 amide bonds. The fraction of sp³-hybridized carbons (Fsp3) is 0.909. The molecule has 0 heterocycles. The van der Waals surface area contributed by atoms with Crippen molar-refractivity contribution in [2.45, 2.75) is 59.7 Å². The van der Waals surface area contributed by atoms with Gasteiger partial charge in [0.15, 0.2) is 0 Å². The molecule has 0 radical (unpaired) electrons. The van der Waals surface area contributed by atoms with Crippen LogP contribution >= 0.6 is 0 Å². The van der Waals surface area contributed by atoms with Crippen LogP contribution in [-0.4, -0.2) is 24.2 Å². The maximum Gasteiger partial charge on any atom is 0.323 e. The Hall–Kier alpha value is -0.570. The van der Waals surface area contributed by atoms with Gasteiger partial charge in [0.25, 0.3) is 0 Å². The van der Waals surface area contributed by atoms with Crippen molar-refractivity contribution in [2.75, 3.05) is 0 Å². The van der Waals surface area contributed by atoms with E-state index in [1.165, 1.54) is 0 Å². The number of rotatable bonds is 5. The smallest absolute Gasteiger partial charge is 0.323 e. The molecule has 3 nitrogen and oxygen atoms in total. The molecule has 0 aromatic rings. The Morgan fingerprint density at radius 1 is 1.07 bits per heavy atom. The van der Waals surface area contributed by atoms with Crippen molar-refractivity contribution in [1.82, 2.24) is 5.32 Å². The van der Waals surface area contributed by atoms with Gasteiger partial charge in [-0.15, -0.1) is 0 Å². The highest BCUT2D eigenvalue weighted by atomic mass is 16.5. The summed E-state index contributed by atoms with van der Waals surface area (Å²) >= 11 is 0. The van der Waals surface area contributed by atoms with Crippen LogP contribution in [0.25, 0.3) is 0 Å². The van der Waals surface area contributed by atoms with Crippen molar-refractivity contribution >= 4 is 5.97 Å². The number of esters is 1. The lowest BCUT2D eigenvalue weighted by molar-refractivity contribution is -0.151. The summed E-state index contributed by atoms with van der Waals surface area (Å²) in [6, 6.07) is 0.0968. The molecule has 0 saturated carbocycles. The SMILES string of the molecule is CC(C)N[C@@H](C(=O)OC(C)C)C(C)C. The van der Waals surface area contributed by atoms with Gasteiger partial charge in [-0.1, -0.05) is 27.7 Å². The van der Waals surface area contributed by atoms with Crippen molar-refractivity contribution in [3.63, 3.8) is 0 Å². The summed E-state index contributed by atoms with van der Waals surface area (Å²) in [5.41, 5.74) is 0. The van der Waals surface area contributed by atoms with Crippen LogP contribution in [0.4, 0.5) is 0 Å². The van der Waals surface area contributed by atoms with Crippen molar-refractivity contribution in [3.8, 4) is 0 Å². The van der Waals surface area contributed by atoms with Crippen LogP contribution in [0.15, 0.2) is 0 Å². The number of hydrogen-bond donors (Lipinski definition) is 1. The summed E-state index contributed by atoms with van der Waals surface area (Å²) in [5, 5.41) is 3.21. The highest BCUT2D eigenvalue weighted by Crippen LogP contribution is 2.06. The average molecular weight is 201 g/mol. The Labute approximate surface area is 87.2 Å². The third-order valence-electron chi connectivity index (χ3n) is 1.79. The molecule has 0 fully saturated rings. The lowest BCUT2D eigenvalue weighted by Gasteiger charge is -2.24. The quantitative estimate of drug-likeness (QED) is 0.691. The predicted molar refractivity (Wildman–Crippen MR) is 58.1 cm³/mol. The first kappa shape index (κ1) is 13.4. The molecule has 0 unspecified atom stereocenters. The minimum absolute atomic E-state index is 0.0438. The molecule has 0 saturated heterocycles. The van der Waals surface area contributed by atoms with Gasteiger partial charge >= 0.3 is 5.97 Å². The lowest BCUT2D eigenvalue weighted by atomic mass is 10.0. The number of carbonyl (C=O) groups excluding carboxylic acids is 1. The summed E-state index contributed by atoms with van der Waals surface area (Å²) in [6.45, 7) is 11.8. The van der Waals surface area contributed by atoms with E-state index in [-0.39, 0.29) is 24.0 Å². The molecule has 0 aliphatic heterocycles. The van der Waals surface area contributed by atoms with Gasteiger partial charge in [-0.3, -0.25) is 4.79 Å². The summed E-state index contributed by atoms with van der Waals surface area (Å²) < 4.78 is 5.17. The zero-order valence-corrected chi connectivity index (χ0v) is 10.1. The third-order valence-corrected chi connectivity index (χ3v) is 1.79. The molecule has 1 N–H and O–H groups in total. The Balaban J connectivity index is 4.26. The van der Waals surface area contributed by atoms with Crippen LogP contribution in [0.5, 0.6) is 0 Å². The van der Waals surface area contributed by atoms with E-state index < -0.39 is 0 Å². The molecule has 1 atom stereocenters. The third kappa shape index (κ3) is 5.22. The van der Waals surface area contributed by atoms with Crippen molar-refractivity contribution < 1.29 is 9.53 Å². The molecule has 14 heavy (non-hydrogen) atoms. The van der Waals surface area contributed by atoms with Crippen LogP contribution < -0.4 is 5.32 Å². The second-order valence-electron chi connectivity index (χ2n) is 4.53. The minimum Gasteiger partial charge on any atom is -0.462 e. The number of ether oxygens (including phenoxy) is 1. The highest BCUT2D eigenvalue weighted by molar-refractivity contribution is 5.76. The normalized spacial score (nSPS) is 13.8. The Kier molecular flexibility index (Phi) is 5.77. The standard InChI is InChI=1S/C11H23NO2/c1-7(2)10(12-8(3)4)11(13)14-9(5)6/h7-10,12H,1-6H3/t10-/m1/s1. The average Bonchev–Trinajstić information content (AvgIpc) is 1.97. The molecule has 0 spiro atoms. The Morgan fingerprint density at radius 2 is 1.57 bits per heavy atom. The van der Waals surface area contributed by atoms with Gasteiger partial charge in [-0.05, 0) is 19.8 Å². The van der Waals surface area contributed by atoms with E-state index in [4.69, 9.17) is 4.74 Å². The Bertz CT molecular complexity index is 176. The van der Waals surface area contributed by atoms with E-state index in [9.17, 15) is 4.79 Å². The summed E-state index contributed by atoms with van der Waals surface area (Å²) in [4.78, 5) is 11.6. The highest BCUT2D eigenvalue weighted by Gasteiger charge is 2.24. The van der Waals surface area contributed by atoms with Crippen molar-refractivity contribution in [3.05, 3.63) is 0 Å². The van der Waals surface area contributed by atoms with E-state index >= 15 is 0 Å². The molecule has 0 aliphatic carbocycles. The second-order valence-corrected chi connectivity index (χ2v) is 4.53. The van der Waals surface area contributed by atoms with Gasteiger partial charge in [-0.2, -0.15) is 0 Å². The van der Waals surface area contributed by atoms with Crippen LogP contribution in [0.2, 0.25) is 0 Å². The summed E-state index contributed by atoms with van der Waals surface area (Å²) in [6.07, 6.45) is -0.0438. The Morgan fingerprint density at radius 3 is 1.86 bits per heavy atom. The molecular formula is C11H23NO2. The molecule has 0 bridgehead atoms. The number of nitrogens with one attached hydrogen (secondary N) is 1. The van der Waals surface area contributed by atoms with Gasteiger partial charge in [0, 0.05) is 6.04 Å². The van der Waals surface area contributed by atoms with Gasteiger partial charge < -0.3 is 10.1 Å². The lowest BCUT2D eigenvalue weighted by Crippen LogP contribution is -2.46. The minimum atomic E-state index is -0.197. The van der Waals surface area contributed by atoms with Gasteiger partial charge in [0.05, 0.1) is 6.10 Å². The van der Waals surface area contributed by atoms with E-state index in [0.717, 1.165) is 0 Å². The van der Waals surface area contributed by atoms with Gasteiger partial charge in [0.2, 0.25) is 0 Å². The van der Waals surface area contributed by atoms with Gasteiger partial charge in [-0.25, -0.2) is 0 Å². The van der Waals surface area contributed by atoms with Crippen LogP contribution in [0, 0.1) is 5.92 Å². The first-order chi connectivity index (χ1) is 6.34. The van der Waals surface area contributed by atoms with E-state index in [1.807, 2.05) is 41.5 Å². The van der Waals surface area contributed by atoms with Crippen LogP contribution in [0.1, 0.15) is 41.5 Å².